The van der Waals surface area contributed by atoms with Gasteiger partial charge in [0.05, 0.1) is 7.56 Å². The molecule has 0 saturated carbocycles. The molecule has 0 aliphatic heterocycles. The largest absolute Gasteiger partial charge is 0.323 e. The molecule has 1 rings (SSSR count). The number of nitrogens with zero attached hydrogens (tertiary/aromatic N) is 2. The van der Waals surface area contributed by atoms with Crippen LogP contribution < -0.4 is 0 Å². The summed E-state index contributed by atoms with van der Waals surface area (Å²) in [6.45, 7) is 13.1. The van der Waals surface area contributed by atoms with Gasteiger partial charge in [0.25, 0.3) is 0 Å². The van der Waals surface area contributed by atoms with Crippen molar-refractivity contribution >= 4 is 18.8 Å². The third-order valence-corrected chi connectivity index (χ3v) is 3.82. The third-order valence-electron chi connectivity index (χ3n) is 2.79. The van der Waals surface area contributed by atoms with Crippen molar-refractivity contribution < 1.29 is 0 Å². The van der Waals surface area contributed by atoms with Crippen LogP contribution >= 0.6 is 18.8 Å². The number of halogens is 1. The summed E-state index contributed by atoms with van der Waals surface area (Å²) in [5, 5.41) is 1.19. The maximum Gasteiger partial charge on any atom is 0.153 e. The van der Waals surface area contributed by atoms with Crippen LogP contribution in [0.25, 0.3) is 0 Å². The van der Waals surface area contributed by atoms with Crippen molar-refractivity contribution in [1.82, 2.24) is 9.13 Å². The van der Waals surface area contributed by atoms with Gasteiger partial charge in [0.1, 0.15) is 0 Å². The molecular weight excluding hydrogens is 227 g/mol. The zero-order valence-electron chi connectivity index (χ0n) is 10.4. The molecule has 0 amide bonds. The molecule has 0 aliphatic carbocycles. The molecule has 1 aromatic heterocycles. The van der Waals surface area contributed by atoms with Gasteiger partial charge in [0.2, 0.25) is 0 Å². The van der Waals surface area contributed by atoms with E-state index >= 15 is 0 Å². The first-order chi connectivity index (χ1) is 6.91. The molecular formula is C11H20ClN2P. The zero-order valence-corrected chi connectivity index (χ0v) is 12.0. The van der Waals surface area contributed by atoms with Gasteiger partial charge in [-0.05, 0) is 41.5 Å². The highest BCUT2D eigenvalue weighted by Crippen LogP contribution is 2.25. The molecule has 86 valence electrons. The van der Waals surface area contributed by atoms with E-state index in [0.29, 0.717) is 12.1 Å². The zero-order chi connectivity index (χ0) is 11.7. The Bertz CT molecular complexity index is 378. The summed E-state index contributed by atoms with van der Waals surface area (Å²) in [5.41, 5.74) is 2.64. The minimum Gasteiger partial charge on any atom is -0.323 e. The highest BCUT2D eigenvalue weighted by atomic mass is 35.7. The van der Waals surface area contributed by atoms with Gasteiger partial charge in [-0.2, -0.15) is 0 Å². The Morgan fingerprint density at radius 1 is 0.933 bits per heavy atom. The molecule has 15 heavy (non-hydrogen) atoms. The van der Waals surface area contributed by atoms with E-state index in [4.69, 9.17) is 11.2 Å². The van der Waals surface area contributed by atoms with Crippen molar-refractivity contribution in [2.45, 2.75) is 53.6 Å². The van der Waals surface area contributed by atoms with Gasteiger partial charge in [0, 0.05) is 23.5 Å². The predicted octanol–water partition coefficient (Wildman–Crippen LogP) is 4.70. The normalized spacial score (nSPS) is 12.1. The standard InChI is InChI=1S/C11H20ClN2P/c1-7(2)13-9(5)10(6)14(8(3)4)11(13)15-12/h7-8H,1-6H3. The van der Waals surface area contributed by atoms with Crippen LogP contribution in [0.4, 0.5) is 0 Å². The summed E-state index contributed by atoms with van der Waals surface area (Å²) in [6, 6.07) is 0.926. The maximum absolute atomic E-state index is 6.04. The molecule has 0 N–H and O–H groups in total. The van der Waals surface area contributed by atoms with Crippen LogP contribution in [0.5, 0.6) is 0 Å². The topological polar surface area (TPSA) is 9.86 Å². The first kappa shape index (κ1) is 12.9. The molecule has 0 saturated heterocycles. The van der Waals surface area contributed by atoms with E-state index in [0.717, 1.165) is 7.56 Å². The van der Waals surface area contributed by atoms with Gasteiger partial charge in [0.15, 0.2) is 5.20 Å². The minimum absolute atomic E-state index is 0.463. The van der Waals surface area contributed by atoms with Gasteiger partial charge in [-0.25, -0.2) is 0 Å². The SMILES string of the molecule is Cc1c(C)n(C(C)C)c(=PCl)n1C(C)C. The van der Waals surface area contributed by atoms with Crippen molar-refractivity contribution in [3.8, 4) is 0 Å². The number of rotatable bonds is 2. The number of imidazole rings is 1. The van der Waals surface area contributed by atoms with Gasteiger partial charge < -0.3 is 9.13 Å². The second-order valence-electron chi connectivity index (χ2n) is 4.48. The molecule has 1 aromatic rings. The highest BCUT2D eigenvalue weighted by molar-refractivity contribution is 7.61. The van der Waals surface area contributed by atoms with Gasteiger partial charge >= 0.3 is 0 Å². The van der Waals surface area contributed by atoms with Gasteiger partial charge in [-0.1, -0.05) is 11.2 Å². The summed E-state index contributed by atoms with van der Waals surface area (Å²) in [4.78, 5) is 0. The molecule has 4 heteroatoms. The fraction of sp³-hybridized carbons (Fsp3) is 0.727. The van der Waals surface area contributed by atoms with E-state index in [-0.39, 0.29) is 0 Å². The van der Waals surface area contributed by atoms with Crippen molar-refractivity contribution in [2.75, 3.05) is 0 Å². The van der Waals surface area contributed by atoms with Gasteiger partial charge in [-0.3, -0.25) is 0 Å². The van der Waals surface area contributed by atoms with Crippen LogP contribution in [-0.4, -0.2) is 9.13 Å². The molecule has 0 atom stereocenters. The summed E-state index contributed by atoms with van der Waals surface area (Å²) < 4.78 is 4.65. The summed E-state index contributed by atoms with van der Waals surface area (Å²) in [6.07, 6.45) is 0. The average molecular weight is 247 g/mol. The molecule has 2 nitrogen and oxygen atoms in total. The van der Waals surface area contributed by atoms with Crippen LogP contribution in [0, 0.1) is 19.0 Å². The average Bonchev–Trinajstić information content (AvgIpc) is 2.39. The molecule has 0 aliphatic rings. The number of hydrogen-bond acceptors (Lipinski definition) is 0. The van der Waals surface area contributed by atoms with Crippen LogP contribution in [0.2, 0.25) is 0 Å². The Morgan fingerprint density at radius 2 is 1.27 bits per heavy atom. The Kier molecular flexibility index (Phi) is 4.08. The monoisotopic (exact) mass is 246 g/mol. The van der Waals surface area contributed by atoms with Crippen molar-refractivity contribution in [1.29, 1.82) is 0 Å². The highest BCUT2D eigenvalue weighted by Gasteiger charge is 2.14. The van der Waals surface area contributed by atoms with Crippen LogP contribution in [0.3, 0.4) is 0 Å². The fourth-order valence-electron chi connectivity index (χ4n) is 2.08. The quantitative estimate of drug-likeness (QED) is 0.670. The van der Waals surface area contributed by atoms with Gasteiger partial charge in [-0.15, -0.1) is 0 Å². The summed E-state index contributed by atoms with van der Waals surface area (Å²) >= 11 is 6.04. The molecule has 0 radical (unpaired) electrons. The lowest BCUT2D eigenvalue weighted by Crippen LogP contribution is -2.06. The third kappa shape index (κ3) is 2.16. The fourth-order valence-corrected chi connectivity index (χ4v) is 3.50. The lowest BCUT2D eigenvalue weighted by atomic mass is 10.3. The van der Waals surface area contributed by atoms with Crippen molar-refractivity contribution in [3.05, 3.63) is 16.6 Å². The van der Waals surface area contributed by atoms with Crippen molar-refractivity contribution in [3.63, 3.8) is 0 Å². The first-order valence-electron chi connectivity index (χ1n) is 5.36. The number of hydrogen-bond donors (Lipinski definition) is 0. The Hall–Kier alpha value is -0.200. The Labute approximate surface area is 98.5 Å². The van der Waals surface area contributed by atoms with Crippen LogP contribution in [-0.2, 0) is 0 Å². The van der Waals surface area contributed by atoms with E-state index in [1.54, 1.807) is 0 Å². The smallest absolute Gasteiger partial charge is 0.153 e. The molecule has 0 unspecified atom stereocenters. The second-order valence-corrected chi connectivity index (χ2v) is 5.56. The van der Waals surface area contributed by atoms with E-state index < -0.39 is 0 Å². The number of aromatic nitrogens is 2. The Morgan fingerprint density at radius 3 is 1.47 bits per heavy atom. The van der Waals surface area contributed by atoms with Crippen LogP contribution in [0.15, 0.2) is 0 Å². The summed E-state index contributed by atoms with van der Waals surface area (Å²) in [7, 11) is 0.820. The lowest BCUT2D eigenvalue weighted by Gasteiger charge is -2.11. The first-order valence-corrected chi connectivity index (χ1v) is 7.16. The van der Waals surface area contributed by atoms with Crippen LogP contribution in [0.1, 0.15) is 51.2 Å². The van der Waals surface area contributed by atoms with E-state index in [9.17, 15) is 0 Å². The molecule has 0 aromatic carbocycles. The second kappa shape index (κ2) is 4.76. The summed E-state index contributed by atoms with van der Waals surface area (Å²) in [5.74, 6) is 0. The van der Waals surface area contributed by atoms with Crippen molar-refractivity contribution in [2.24, 2.45) is 0 Å². The molecule has 0 bridgehead atoms. The van der Waals surface area contributed by atoms with E-state index in [2.05, 4.69) is 50.7 Å². The van der Waals surface area contributed by atoms with E-state index in [1.165, 1.54) is 16.6 Å². The molecule has 1 heterocycles. The molecule has 0 fully saturated rings. The Balaban J connectivity index is 3.63. The minimum atomic E-state index is 0.463. The molecule has 0 spiro atoms. The van der Waals surface area contributed by atoms with E-state index in [1.807, 2.05) is 0 Å². The predicted molar refractivity (Wildman–Crippen MR) is 68.7 cm³/mol. The lowest BCUT2D eigenvalue weighted by molar-refractivity contribution is 0.531. The maximum atomic E-state index is 6.04.